The molecule has 0 saturated heterocycles. The van der Waals surface area contributed by atoms with Crippen molar-refractivity contribution in [2.45, 2.75) is 19.9 Å². The van der Waals surface area contributed by atoms with E-state index in [0.29, 0.717) is 11.5 Å². The van der Waals surface area contributed by atoms with Gasteiger partial charge >= 0.3 is 5.97 Å². The van der Waals surface area contributed by atoms with Crippen molar-refractivity contribution in [3.8, 4) is 16.9 Å². The highest BCUT2D eigenvalue weighted by atomic mass is 16.5. The Morgan fingerprint density at radius 3 is 2.50 bits per heavy atom. The number of rotatable bonds is 7. The molecule has 0 aliphatic rings. The molecule has 0 fully saturated rings. The minimum absolute atomic E-state index is 0.281. The molecule has 32 heavy (non-hydrogen) atoms. The first-order valence-electron chi connectivity index (χ1n) is 10.2. The second-order valence-electron chi connectivity index (χ2n) is 7.42. The van der Waals surface area contributed by atoms with Crippen LogP contribution in [0.5, 0.6) is 0 Å². The summed E-state index contributed by atoms with van der Waals surface area (Å²) in [5, 5.41) is 7.35. The van der Waals surface area contributed by atoms with Crippen molar-refractivity contribution in [2.75, 3.05) is 6.61 Å². The lowest BCUT2D eigenvalue weighted by molar-refractivity contribution is -0.125. The first-order valence-corrected chi connectivity index (χ1v) is 10.2. The number of nitrogens with zero attached hydrogens (tertiary/aromatic N) is 2. The molecule has 0 bridgehead atoms. The highest BCUT2D eigenvalue weighted by Gasteiger charge is 2.21. The van der Waals surface area contributed by atoms with Crippen molar-refractivity contribution < 1.29 is 18.7 Å². The third-order valence-electron chi connectivity index (χ3n) is 4.96. The summed E-state index contributed by atoms with van der Waals surface area (Å²) >= 11 is 0. The number of esters is 1. The van der Waals surface area contributed by atoms with E-state index in [-0.39, 0.29) is 11.6 Å². The summed E-state index contributed by atoms with van der Waals surface area (Å²) in [6.07, 6.45) is 3.16. The molecule has 0 aliphatic heterocycles. The number of aromatic nitrogens is 2. The molecule has 1 N–H and O–H groups in total. The van der Waals surface area contributed by atoms with Gasteiger partial charge in [-0.05, 0) is 38.1 Å². The van der Waals surface area contributed by atoms with Crippen molar-refractivity contribution >= 4 is 11.9 Å². The number of hydrogen-bond donors (Lipinski definition) is 1. The standard InChI is InChI=1S/C25H23N3O4/c1-17-10-12-20(13-11-17)28-15-21(24(27-28)19-7-4-3-5-8-19)25(30)32-16-23(29)26-18(2)22-9-6-14-31-22/h3-15,18H,16H2,1-2H3,(H,26,29). The predicted molar refractivity (Wildman–Crippen MR) is 119 cm³/mol. The summed E-state index contributed by atoms with van der Waals surface area (Å²) in [6.45, 7) is 3.38. The summed E-state index contributed by atoms with van der Waals surface area (Å²) in [4.78, 5) is 25.1. The zero-order chi connectivity index (χ0) is 22.5. The van der Waals surface area contributed by atoms with Crippen molar-refractivity contribution in [1.29, 1.82) is 0 Å². The highest BCUT2D eigenvalue weighted by molar-refractivity contribution is 5.97. The molecule has 2 aromatic carbocycles. The number of benzene rings is 2. The maximum atomic E-state index is 12.9. The summed E-state index contributed by atoms with van der Waals surface area (Å²) in [7, 11) is 0. The van der Waals surface area contributed by atoms with Crippen molar-refractivity contribution in [1.82, 2.24) is 15.1 Å². The molecular weight excluding hydrogens is 406 g/mol. The van der Waals surface area contributed by atoms with Crippen LogP contribution in [0.2, 0.25) is 0 Å². The monoisotopic (exact) mass is 429 g/mol. The fourth-order valence-electron chi connectivity index (χ4n) is 3.26. The summed E-state index contributed by atoms with van der Waals surface area (Å²) < 4.78 is 12.2. The number of ether oxygens (including phenoxy) is 1. The molecule has 7 nitrogen and oxygen atoms in total. The Balaban J connectivity index is 1.52. The van der Waals surface area contributed by atoms with E-state index in [1.54, 1.807) is 29.9 Å². The van der Waals surface area contributed by atoms with E-state index in [0.717, 1.165) is 16.8 Å². The number of amides is 1. The average Bonchev–Trinajstić information content (AvgIpc) is 3.49. The van der Waals surface area contributed by atoms with Gasteiger partial charge in [0, 0.05) is 11.8 Å². The fourth-order valence-corrected chi connectivity index (χ4v) is 3.26. The third-order valence-corrected chi connectivity index (χ3v) is 4.96. The van der Waals surface area contributed by atoms with Crippen LogP contribution in [0.4, 0.5) is 0 Å². The molecule has 2 aromatic heterocycles. The molecule has 1 atom stereocenters. The lowest BCUT2D eigenvalue weighted by atomic mass is 10.1. The molecule has 0 spiro atoms. The van der Waals surface area contributed by atoms with Gasteiger partial charge in [-0.1, -0.05) is 48.0 Å². The van der Waals surface area contributed by atoms with Crippen LogP contribution in [0, 0.1) is 6.92 Å². The Morgan fingerprint density at radius 1 is 1.06 bits per heavy atom. The molecule has 2 heterocycles. The lowest BCUT2D eigenvalue weighted by Crippen LogP contribution is -2.31. The third kappa shape index (κ3) is 4.78. The van der Waals surface area contributed by atoms with Gasteiger partial charge in [-0.15, -0.1) is 0 Å². The molecule has 0 aliphatic carbocycles. The van der Waals surface area contributed by atoms with E-state index in [9.17, 15) is 9.59 Å². The zero-order valence-corrected chi connectivity index (χ0v) is 17.8. The van der Waals surface area contributed by atoms with Crippen LogP contribution in [0.1, 0.15) is 34.6 Å². The molecule has 7 heteroatoms. The van der Waals surface area contributed by atoms with Gasteiger partial charge in [0.25, 0.3) is 5.91 Å². The minimum Gasteiger partial charge on any atom is -0.467 e. The number of furan rings is 1. The van der Waals surface area contributed by atoms with E-state index in [2.05, 4.69) is 10.4 Å². The maximum absolute atomic E-state index is 12.9. The molecule has 0 saturated carbocycles. The smallest absolute Gasteiger partial charge is 0.342 e. The number of aryl methyl sites for hydroxylation is 1. The van der Waals surface area contributed by atoms with Gasteiger partial charge in [-0.2, -0.15) is 5.10 Å². The Bertz CT molecular complexity index is 1200. The molecule has 162 valence electrons. The van der Waals surface area contributed by atoms with Crippen LogP contribution in [0.3, 0.4) is 0 Å². The SMILES string of the molecule is Cc1ccc(-n2cc(C(=O)OCC(=O)NC(C)c3ccco3)c(-c3ccccc3)n2)cc1. The molecule has 1 amide bonds. The molecule has 4 aromatic rings. The van der Waals surface area contributed by atoms with Crippen LogP contribution in [0.25, 0.3) is 16.9 Å². The van der Waals surface area contributed by atoms with Gasteiger partial charge in [0.2, 0.25) is 0 Å². The van der Waals surface area contributed by atoms with Gasteiger partial charge in [0.1, 0.15) is 17.0 Å². The molecule has 0 radical (unpaired) electrons. The first kappa shape index (κ1) is 21.1. The Labute approximate surface area is 185 Å². The number of carbonyl (C=O) groups excluding carboxylic acids is 2. The van der Waals surface area contributed by atoms with Gasteiger partial charge in [0.05, 0.1) is 18.0 Å². The number of hydrogen-bond acceptors (Lipinski definition) is 5. The van der Waals surface area contributed by atoms with Crippen LogP contribution in [-0.4, -0.2) is 28.3 Å². The van der Waals surface area contributed by atoms with E-state index in [1.807, 2.05) is 61.5 Å². The maximum Gasteiger partial charge on any atom is 0.342 e. The summed E-state index contributed by atoms with van der Waals surface area (Å²) in [5.41, 5.74) is 3.49. The van der Waals surface area contributed by atoms with E-state index in [1.165, 1.54) is 6.26 Å². The average molecular weight is 429 g/mol. The van der Waals surface area contributed by atoms with Gasteiger partial charge in [0.15, 0.2) is 6.61 Å². The number of nitrogens with one attached hydrogen (secondary N) is 1. The summed E-state index contributed by atoms with van der Waals surface area (Å²) in [6, 6.07) is 20.4. The van der Waals surface area contributed by atoms with E-state index >= 15 is 0 Å². The van der Waals surface area contributed by atoms with Crippen LogP contribution >= 0.6 is 0 Å². The van der Waals surface area contributed by atoms with Crippen LogP contribution in [-0.2, 0) is 9.53 Å². The minimum atomic E-state index is -0.622. The lowest BCUT2D eigenvalue weighted by Gasteiger charge is -2.11. The topological polar surface area (TPSA) is 86.4 Å². The summed E-state index contributed by atoms with van der Waals surface area (Å²) in [5.74, 6) is -0.423. The fraction of sp³-hybridized carbons (Fsp3) is 0.160. The number of carbonyl (C=O) groups is 2. The first-order chi connectivity index (χ1) is 15.5. The second kappa shape index (κ2) is 9.34. The highest BCUT2D eigenvalue weighted by Crippen LogP contribution is 2.24. The van der Waals surface area contributed by atoms with Crippen LogP contribution < -0.4 is 5.32 Å². The quantitative estimate of drug-likeness (QED) is 0.438. The predicted octanol–water partition coefficient (Wildman–Crippen LogP) is 4.47. The van der Waals surface area contributed by atoms with E-state index in [4.69, 9.17) is 9.15 Å². The Kier molecular flexibility index (Phi) is 6.17. The van der Waals surface area contributed by atoms with Gasteiger partial charge in [-0.25, -0.2) is 9.48 Å². The normalized spacial score (nSPS) is 11.7. The Hall–Kier alpha value is -4.13. The largest absolute Gasteiger partial charge is 0.467 e. The zero-order valence-electron chi connectivity index (χ0n) is 17.8. The van der Waals surface area contributed by atoms with Gasteiger partial charge < -0.3 is 14.5 Å². The van der Waals surface area contributed by atoms with Crippen molar-refractivity contribution in [2.24, 2.45) is 0 Å². The molecule has 1 unspecified atom stereocenters. The van der Waals surface area contributed by atoms with Crippen molar-refractivity contribution in [3.63, 3.8) is 0 Å². The Morgan fingerprint density at radius 2 is 1.81 bits per heavy atom. The molecular formula is C25H23N3O4. The van der Waals surface area contributed by atoms with E-state index < -0.39 is 18.5 Å². The molecule has 4 rings (SSSR count). The van der Waals surface area contributed by atoms with Crippen molar-refractivity contribution in [3.05, 3.63) is 96.1 Å². The van der Waals surface area contributed by atoms with Gasteiger partial charge in [-0.3, -0.25) is 4.79 Å². The second-order valence-corrected chi connectivity index (χ2v) is 7.42. The van der Waals surface area contributed by atoms with Crippen LogP contribution in [0.15, 0.2) is 83.6 Å².